The number of amides is 1. The minimum Gasteiger partial charge on any atom is -0.490 e. The molecular formula is C18H16ClF3N2O5S. The Labute approximate surface area is 175 Å². The topological polar surface area (TPSA) is 93.7 Å². The Morgan fingerprint density at radius 3 is 2.43 bits per heavy atom. The summed E-state index contributed by atoms with van der Waals surface area (Å²) in [6.07, 6.45) is -4.03. The number of hydrogen-bond donors (Lipinski definition) is 2. The molecule has 1 amide bonds. The van der Waals surface area contributed by atoms with Gasteiger partial charge < -0.3 is 14.8 Å². The standard InChI is InChI=1S/C18H16ClF3N2O5S/c19-13-8-15-16(29-6-2-5-28-15)9-14(13)24-17(25)10-23-30(26,27)12-4-1-3-11(7-12)18(20,21)22/h1,3-4,7-9,23H,2,5-6,10H2,(H,24,25). The van der Waals surface area contributed by atoms with Crippen molar-refractivity contribution in [3.8, 4) is 11.5 Å². The Hall–Kier alpha value is -2.50. The van der Waals surface area contributed by atoms with Crippen molar-refractivity contribution in [2.24, 2.45) is 0 Å². The minimum absolute atomic E-state index is 0.147. The minimum atomic E-state index is -4.70. The summed E-state index contributed by atoms with van der Waals surface area (Å²) in [6.45, 7) is 0.147. The molecule has 0 saturated heterocycles. The molecule has 0 saturated carbocycles. The van der Waals surface area contributed by atoms with Gasteiger partial charge in [0.2, 0.25) is 15.9 Å². The summed E-state index contributed by atoms with van der Waals surface area (Å²) in [5.74, 6) is 0.0134. The van der Waals surface area contributed by atoms with Crippen molar-refractivity contribution in [1.29, 1.82) is 0 Å². The van der Waals surface area contributed by atoms with E-state index in [1.54, 1.807) is 0 Å². The van der Waals surface area contributed by atoms with Crippen LogP contribution in [0.4, 0.5) is 18.9 Å². The lowest BCUT2D eigenvalue weighted by Crippen LogP contribution is -2.33. The van der Waals surface area contributed by atoms with Crippen LogP contribution in [0.25, 0.3) is 0 Å². The number of ether oxygens (including phenoxy) is 2. The molecule has 1 aliphatic rings. The van der Waals surface area contributed by atoms with E-state index in [0.717, 1.165) is 18.2 Å². The molecule has 0 atom stereocenters. The van der Waals surface area contributed by atoms with Gasteiger partial charge in [0.15, 0.2) is 11.5 Å². The van der Waals surface area contributed by atoms with Gasteiger partial charge in [0.05, 0.1) is 40.9 Å². The molecule has 7 nitrogen and oxygen atoms in total. The molecule has 2 aromatic rings. The van der Waals surface area contributed by atoms with Crippen LogP contribution in [0, 0.1) is 0 Å². The molecular weight excluding hydrogens is 449 g/mol. The van der Waals surface area contributed by atoms with E-state index in [1.165, 1.54) is 12.1 Å². The zero-order valence-corrected chi connectivity index (χ0v) is 16.8. The second kappa shape index (κ2) is 8.70. The van der Waals surface area contributed by atoms with Crippen LogP contribution >= 0.6 is 11.6 Å². The smallest absolute Gasteiger partial charge is 0.416 e. The van der Waals surface area contributed by atoms with Crippen LogP contribution in [-0.2, 0) is 21.0 Å². The second-order valence-corrected chi connectivity index (χ2v) is 8.40. The van der Waals surface area contributed by atoms with Crippen LogP contribution in [0.3, 0.4) is 0 Å². The summed E-state index contributed by atoms with van der Waals surface area (Å²) in [4.78, 5) is 11.5. The fourth-order valence-corrected chi connectivity index (χ4v) is 3.79. The lowest BCUT2D eigenvalue weighted by molar-refractivity contribution is -0.137. The van der Waals surface area contributed by atoms with Crippen molar-refractivity contribution < 1.29 is 35.9 Å². The summed E-state index contributed by atoms with van der Waals surface area (Å²) in [6, 6.07) is 6.11. The van der Waals surface area contributed by atoms with Gasteiger partial charge in [-0.1, -0.05) is 17.7 Å². The van der Waals surface area contributed by atoms with Crippen LogP contribution < -0.4 is 19.5 Å². The SMILES string of the molecule is O=C(CNS(=O)(=O)c1cccc(C(F)(F)F)c1)Nc1cc2c(cc1Cl)OCCCO2. The van der Waals surface area contributed by atoms with Crippen molar-refractivity contribution in [3.05, 3.63) is 47.0 Å². The van der Waals surface area contributed by atoms with E-state index in [0.29, 0.717) is 37.2 Å². The molecule has 2 aromatic carbocycles. The summed E-state index contributed by atoms with van der Waals surface area (Å²) in [5, 5.41) is 2.57. The number of benzene rings is 2. The van der Waals surface area contributed by atoms with Gasteiger partial charge in [-0.3, -0.25) is 4.79 Å². The third kappa shape index (κ3) is 5.35. The van der Waals surface area contributed by atoms with Gasteiger partial charge in [-0.25, -0.2) is 13.1 Å². The molecule has 0 fully saturated rings. The molecule has 2 N–H and O–H groups in total. The maximum atomic E-state index is 12.8. The molecule has 1 aliphatic heterocycles. The average Bonchev–Trinajstić information content (AvgIpc) is 2.91. The number of halogens is 4. The van der Waals surface area contributed by atoms with Crippen LogP contribution in [0.5, 0.6) is 11.5 Å². The van der Waals surface area contributed by atoms with Gasteiger partial charge in [-0.05, 0) is 18.2 Å². The van der Waals surface area contributed by atoms with Crippen molar-refractivity contribution in [2.75, 3.05) is 25.1 Å². The molecule has 0 unspecified atom stereocenters. The van der Waals surface area contributed by atoms with Crippen LogP contribution in [0.15, 0.2) is 41.3 Å². The monoisotopic (exact) mass is 464 g/mol. The lowest BCUT2D eigenvalue weighted by Gasteiger charge is -2.13. The number of rotatable bonds is 5. The number of hydrogen-bond acceptors (Lipinski definition) is 5. The molecule has 12 heteroatoms. The van der Waals surface area contributed by atoms with Crippen molar-refractivity contribution in [1.82, 2.24) is 4.72 Å². The highest BCUT2D eigenvalue weighted by Gasteiger charge is 2.31. The first kappa shape index (κ1) is 22.2. The first-order valence-electron chi connectivity index (χ1n) is 8.62. The maximum Gasteiger partial charge on any atom is 0.416 e. The van der Waals surface area contributed by atoms with Gasteiger partial charge in [-0.2, -0.15) is 13.2 Å². The van der Waals surface area contributed by atoms with Crippen molar-refractivity contribution >= 4 is 33.2 Å². The molecule has 0 aliphatic carbocycles. The molecule has 3 rings (SSSR count). The number of nitrogens with one attached hydrogen (secondary N) is 2. The first-order chi connectivity index (χ1) is 14.1. The van der Waals surface area contributed by atoms with E-state index in [4.69, 9.17) is 21.1 Å². The zero-order valence-electron chi connectivity index (χ0n) is 15.3. The van der Waals surface area contributed by atoms with Crippen LogP contribution in [0.1, 0.15) is 12.0 Å². The first-order valence-corrected chi connectivity index (χ1v) is 10.5. The summed E-state index contributed by atoms with van der Waals surface area (Å²) in [5.41, 5.74) is -0.946. The Morgan fingerprint density at radius 2 is 1.77 bits per heavy atom. The molecule has 0 aromatic heterocycles. The summed E-state index contributed by atoms with van der Waals surface area (Å²) in [7, 11) is -4.35. The fraction of sp³-hybridized carbons (Fsp3) is 0.278. The normalized spacial score (nSPS) is 14.1. The third-order valence-electron chi connectivity index (χ3n) is 4.01. The van der Waals surface area contributed by atoms with Gasteiger partial charge in [0, 0.05) is 18.6 Å². The molecule has 0 bridgehead atoms. The lowest BCUT2D eigenvalue weighted by atomic mass is 10.2. The van der Waals surface area contributed by atoms with E-state index < -0.39 is 39.1 Å². The largest absolute Gasteiger partial charge is 0.490 e. The zero-order chi connectivity index (χ0) is 21.9. The van der Waals surface area contributed by atoms with E-state index in [-0.39, 0.29) is 10.7 Å². The predicted octanol–water partition coefficient (Wildman–Crippen LogP) is 3.44. The number of sulfonamides is 1. The number of alkyl halides is 3. The number of anilines is 1. The Morgan fingerprint density at radius 1 is 1.10 bits per heavy atom. The van der Waals surface area contributed by atoms with E-state index >= 15 is 0 Å². The average molecular weight is 465 g/mol. The second-order valence-electron chi connectivity index (χ2n) is 6.23. The highest BCUT2D eigenvalue weighted by molar-refractivity contribution is 7.89. The van der Waals surface area contributed by atoms with Crippen molar-refractivity contribution in [2.45, 2.75) is 17.5 Å². The molecule has 30 heavy (non-hydrogen) atoms. The number of carbonyl (C=O) groups is 1. The van der Waals surface area contributed by atoms with Gasteiger partial charge in [0.25, 0.3) is 0 Å². The van der Waals surface area contributed by atoms with Crippen LogP contribution in [-0.4, -0.2) is 34.1 Å². The summed E-state index contributed by atoms with van der Waals surface area (Å²) >= 11 is 6.11. The highest BCUT2D eigenvalue weighted by atomic mass is 35.5. The van der Waals surface area contributed by atoms with Gasteiger partial charge in [-0.15, -0.1) is 0 Å². The van der Waals surface area contributed by atoms with E-state index in [1.807, 2.05) is 4.72 Å². The van der Waals surface area contributed by atoms with E-state index in [9.17, 15) is 26.4 Å². The fourth-order valence-electron chi connectivity index (χ4n) is 2.56. The molecule has 1 heterocycles. The van der Waals surface area contributed by atoms with Crippen LogP contribution in [0.2, 0.25) is 5.02 Å². The molecule has 0 spiro atoms. The highest BCUT2D eigenvalue weighted by Crippen LogP contribution is 2.37. The quantitative estimate of drug-likeness (QED) is 0.707. The Kier molecular flexibility index (Phi) is 6.44. The van der Waals surface area contributed by atoms with Gasteiger partial charge in [0.1, 0.15) is 0 Å². The van der Waals surface area contributed by atoms with E-state index in [2.05, 4.69) is 5.32 Å². The number of fused-ring (bicyclic) bond motifs is 1. The predicted molar refractivity (Wildman–Crippen MR) is 102 cm³/mol. The Bertz CT molecular complexity index is 1060. The maximum absolute atomic E-state index is 12.8. The third-order valence-corrected chi connectivity index (χ3v) is 5.72. The Balaban J connectivity index is 1.68. The molecule has 0 radical (unpaired) electrons. The summed E-state index contributed by atoms with van der Waals surface area (Å²) < 4.78 is 75.8. The van der Waals surface area contributed by atoms with Crippen molar-refractivity contribution in [3.63, 3.8) is 0 Å². The number of carbonyl (C=O) groups excluding carboxylic acids is 1. The molecule has 162 valence electrons. The van der Waals surface area contributed by atoms with Gasteiger partial charge >= 0.3 is 6.18 Å².